The molecule has 0 spiro atoms. The summed E-state index contributed by atoms with van der Waals surface area (Å²) < 4.78 is 35.6. The van der Waals surface area contributed by atoms with Gasteiger partial charge in [0.05, 0.1) is 6.04 Å². The number of fused-ring (bicyclic) bond motifs is 1. The molecule has 1 aliphatic rings. The van der Waals surface area contributed by atoms with E-state index in [-0.39, 0.29) is 0 Å². The largest absolute Gasteiger partial charge is 0.414 e. The van der Waals surface area contributed by atoms with Crippen LogP contribution in [-0.2, 0) is 22.6 Å². The molecule has 1 aromatic carbocycles. The predicted octanol–water partition coefficient (Wildman–Crippen LogP) is 1.31. The molecule has 0 bridgehead atoms. The number of benzene rings is 1. The van der Waals surface area contributed by atoms with Gasteiger partial charge in [-0.25, -0.2) is 5.48 Å². The molecule has 4 nitrogen and oxygen atoms in total. The van der Waals surface area contributed by atoms with Crippen molar-refractivity contribution in [2.75, 3.05) is 6.61 Å². The van der Waals surface area contributed by atoms with Crippen molar-refractivity contribution in [3.05, 3.63) is 35.4 Å². The van der Waals surface area contributed by atoms with Crippen LogP contribution in [0.5, 0.6) is 0 Å². The van der Waals surface area contributed by atoms with Gasteiger partial charge in [0.1, 0.15) is 0 Å². The van der Waals surface area contributed by atoms with Crippen molar-refractivity contribution >= 4 is 5.91 Å². The van der Waals surface area contributed by atoms with E-state index in [1.165, 1.54) is 0 Å². The van der Waals surface area contributed by atoms with Gasteiger partial charge in [-0.15, -0.1) is 0 Å². The minimum absolute atomic E-state index is 0.428. The van der Waals surface area contributed by atoms with Crippen molar-refractivity contribution in [2.45, 2.75) is 25.2 Å². The Morgan fingerprint density at radius 2 is 2.05 bits per heavy atom. The summed E-state index contributed by atoms with van der Waals surface area (Å²) in [7, 11) is 0. The Kier molecular flexibility index (Phi) is 4.06. The maximum Gasteiger partial charge on any atom is 0.414 e. The molecule has 7 heteroatoms. The third-order valence-electron chi connectivity index (χ3n) is 2.81. The molecule has 0 aromatic heterocycles. The van der Waals surface area contributed by atoms with E-state index >= 15 is 0 Å². The second-order valence-electron chi connectivity index (χ2n) is 4.28. The number of nitrogens with one attached hydrogen (secondary N) is 2. The number of halogens is 3. The summed E-state index contributed by atoms with van der Waals surface area (Å²) >= 11 is 0. The summed E-state index contributed by atoms with van der Waals surface area (Å²) in [5.74, 6) is -0.598. The topological polar surface area (TPSA) is 50.4 Å². The zero-order chi connectivity index (χ0) is 13.9. The van der Waals surface area contributed by atoms with Crippen LogP contribution >= 0.6 is 0 Å². The second kappa shape index (κ2) is 5.58. The van der Waals surface area contributed by atoms with Crippen LogP contribution < -0.4 is 10.8 Å². The maximum atomic E-state index is 11.9. The van der Waals surface area contributed by atoms with Gasteiger partial charge in [0.15, 0.2) is 6.61 Å². The van der Waals surface area contributed by atoms with Crippen LogP contribution in [0.3, 0.4) is 0 Å². The monoisotopic (exact) mass is 274 g/mol. The Hall–Kier alpha value is -1.60. The lowest BCUT2D eigenvalue weighted by molar-refractivity contribution is -0.192. The van der Waals surface area contributed by atoms with Crippen molar-refractivity contribution < 1.29 is 22.8 Å². The smallest absolute Gasteiger partial charge is 0.301 e. The number of carbonyl (C=O) groups is 1. The number of hydroxylamine groups is 1. The third kappa shape index (κ3) is 3.93. The van der Waals surface area contributed by atoms with Crippen LogP contribution in [-0.4, -0.2) is 24.7 Å². The number of hydrogen-bond donors (Lipinski definition) is 2. The molecule has 2 N–H and O–H groups in total. The molecule has 0 saturated heterocycles. The first-order valence-electron chi connectivity index (χ1n) is 5.74. The molecule has 0 unspecified atom stereocenters. The van der Waals surface area contributed by atoms with Gasteiger partial charge in [-0.2, -0.15) is 13.2 Å². The van der Waals surface area contributed by atoms with Gasteiger partial charge < -0.3 is 5.32 Å². The first kappa shape index (κ1) is 13.8. The predicted molar refractivity (Wildman–Crippen MR) is 60.9 cm³/mol. The molecule has 0 fully saturated rings. The third-order valence-corrected chi connectivity index (χ3v) is 2.81. The van der Waals surface area contributed by atoms with Crippen LogP contribution in [0.25, 0.3) is 0 Å². The minimum atomic E-state index is -4.46. The standard InChI is InChI=1S/C12H13F3N2O2/c13-12(14,15)7-19-17-11(18)10-5-8-3-1-2-4-9(8)6-16-10/h1-4,10,16H,5-7H2,(H,17,18)/t10-/m0/s1. The summed E-state index contributed by atoms with van der Waals surface area (Å²) in [4.78, 5) is 15.8. The summed E-state index contributed by atoms with van der Waals surface area (Å²) in [5.41, 5.74) is 3.92. The quantitative estimate of drug-likeness (QED) is 0.817. The molecule has 1 aliphatic heterocycles. The fourth-order valence-corrected chi connectivity index (χ4v) is 1.90. The Morgan fingerprint density at radius 3 is 2.74 bits per heavy atom. The highest BCUT2D eigenvalue weighted by Gasteiger charge is 2.29. The van der Waals surface area contributed by atoms with E-state index in [9.17, 15) is 18.0 Å². The Labute approximate surface area is 107 Å². The van der Waals surface area contributed by atoms with Crippen LogP contribution in [0.4, 0.5) is 13.2 Å². The molecule has 1 heterocycles. The lowest BCUT2D eigenvalue weighted by Gasteiger charge is -2.25. The fraction of sp³-hybridized carbons (Fsp3) is 0.417. The van der Waals surface area contributed by atoms with Crippen molar-refractivity contribution in [3.8, 4) is 0 Å². The van der Waals surface area contributed by atoms with Crippen molar-refractivity contribution in [2.24, 2.45) is 0 Å². The van der Waals surface area contributed by atoms with E-state index in [0.717, 1.165) is 11.1 Å². The van der Waals surface area contributed by atoms with Crippen molar-refractivity contribution in [1.82, 2.24) is 10.8 Å². The molecule has 2 rings (SSSR count). The molecule has 0 saturated carbocycles. The van der Waals surface area contributed by atoms with Gasteiger partial charge >= 0.3 is 6.18 Å². The molecule has 1 amide bonds. The second-order valence-corrected chi connectivity index (χ2v) is 4.28. The van der Waals surface area contributed by atoms with E-state index in [1.807, 2.05) is 29.7 Å². The molecule has 0 aliphatic carbocycles. The summed E-state index contributed by atoms with van der Waals surface area (Å²) in [6.45, 7) is -0.990. The Balaban J connectivity index is 1.85. The van der Waals surface area contributed by atoms with Crippen LogP contribution in [0.2, 0.25) is 0 Å². The number of rotatable bonds is 3. The van der Waals surface area contributed by atoms with E-state index in [1.54, 1.807) is 0 Å². The highest BCUT2D eigenvalue weighted by atomic mass is 19.4. The van der Waals surface area contributed by atoms with E-state index in [4.69, 9.17) is 0 Å². The van der Waals surface area contributed by atoms with Crippen LogP contribution in [0, 0.1) is 0 Å². The van der Waals surface area contributed by atoms with Gasteiger partial charge in [0.2, 0.25) is 0 Å². The summed E-state index contributed by atoms with van der Waals surface area (Å²) in [5, 5.41) is 2.95. The van der Waals surface area contributed by atoms with Crippen LogP contribution in [0.1, 0.15) is 11.1 Å². The Bertz CT molecular complexity index is 463. The highest BCUT2D eigenvalue weighted by Crippen LogP contribution is 2.16. The molecular formula is C12H13F3N2O2. The number of amides is 1. The normalized spacial score (nSPS) is 18.8. The zero-order valence-corrected chi connectivity index (χ0v) is 9.96. The molecule has 1 aromatic rings. The number of hydrogen-bond acceptors (Lipinski definition) is 3. The lowest BCUT2D eigenvalue weighted by atomic mass is 9.96. The van der Waals surface area contributed by atoms with Crippen LogP contribution in [0.15, 0.2) is 24.3 Å². The zero-order valence-electron chi connectivity index (χ0n) is 9.96. The van der Waals surface area contributed by atoms with E-state index in [2.05, 4.69) is 10.2 Å². The summed E-state index contributed by atoms with van der Waals surface area (Å²) in [6, 6.07) is 7.01. The lowest BCUT2D eigenvalue weighted by Crippen LogP contribution is -2.48. The molecular weight excluding hydrogens is 261 g/mol. The number of carbonyl (C=O) groups excluding carboxylic acids is 1. The number of alkyl halides is 3. The molecule has 19 heavy (non-hydrogen) atoms. The van der Waals surface area contributed by atoms with Gasteiger partial charge in [-0.05, 0) is 17.5 Å². The van der Waals surface area contributed by atoms with Crippen molar-refractivity contribution in [3.63, 3.8) is 0 Å². The first-order chi connectivity index (χ1) is 8.96. The average Bonchev–Trinajstić information content (AvgIpc) is 2.36. The maximum absolute atomic E-state index is 11.9. The average molecular weight is 274 g/mol. The molecule has 0 radical (unpaired) electrons. The molecule has 1 atom stereocenters. The summed E-state index contributed by atoms with van der Waals surface area (Å²) in [6.07, 6.45) is -4.03. The molecule has 104 valence electrons. The SMILES string of the molecule is O=C(NOCC(F)(F)F)[C@@H]1Cc2ccccc2CN1. The minimum Gasteiger partial charge on any atom is -0.301 e. The van der Waals surface area contributed by atoms with Gasteiger partial charge in [0, 0.05) is 6.54 Å². The highest BCUT2D eigenvalue weighted by molar-refractivity contribution is 5.81. The van der Waals surface area contributed by atoms with Gasteiger partial charge in [0.25, 0.3) is 5.91 Å². The Morgan fingerprint density at radius 1 is 1.37 bits per heavy atom. The van der Waals surface area contributed by atoms with Gasteiger partial charge in [-0.3, -0.25) is 9.63 Å². The van der Waals surface area contributed by atoms with E-state index in [0.29, 0.717) is 13.0 Å². The van der Waals surface area contributed by atoms with Gasteiger partial charge in [-0.1, -0.05) is 24.3 Å². The fourth-order valence-electron chi connectivity index (χ4n) is 1.90. The van der Waals surface area contributed by atoms with E-state index < -0.39 is 24.7 Å². The first-order valence-corrected chi connectivity index (χ1v) is 5.74. The van der Waals surface area contributed by atoms with Crippen molar-refractivity contribution in [1.29, 1.82) is 0 Å².